The third kappa shape index (κ3) is 2.18. The summed E-state index contributed by atoms with van der Waals surface area (Å²) in [6, 6.07) is 0. The molecule has 1 heterocycles. The molecule has 0 aromatic rings. The van der Waals surface area contributed by atoms with E-state index in [9.17, 15) is 13.5 Å². The summed E-state index contributed by atoms with van der Waals surface area (Å²) in [7, 11) is -3.37. The Labute approximate surface area is 90.6 Å². The predicted octanol–water partition coefficient (Wildman–Crippen LogP) is -0.168. The molecule has 88 valence electrons. The Kier molecular flexibility index (Phi) is 3.03. The van der Waals surface area contributed by atoms with Gasteiger partial charge in [-0.05, 0) is 32.1 Å². The van der Waals surface area contributed by atoms with Crippen LogP contribution < -0.4 is 4.72 Å². The molecule has 5 nitrogen and oxygen atoms in total. The predicted molar refractivity (Wildman–Crippen MR) is 56.5 cm³/mol. The van der Waals surface area contributed by atoms with Crippen molar-refractivity contribution in [2.45, 2.75) is 37.6 Å². The second kappa shape index (κ2) is 4.01. The molecule has 1 saturated heterocycles. The number of hydrogen-bond donors (Lipinski definition) is 2. The van der Waals surface area contributed by atoms with E-state index in [1.54, 1.807) is 0 Å². The molecule has 1 saturated carbocycles. The molecule has 6 heteroatoms. The zero-order valence-corrected chi connectivity index (χ0v) is 9.59. The molecular formula is C9H18N2O3S. The zero-order chi connectivity index (χ0) is 10.9. The highest BCUT2D eigenvalue weighted by molar-refractivity contribution is 7.87. The van der Waals surface area contributed by atoms with Crippen molar-refractivity contribution in [3.05, 3.63) is 0 Å². The lowest BCUT2D eigenvalue weighted by molar-refractivity contribution is 0.109. The monoisotopic (exact) mass is 234 g/mol. The van der Waals surface area contributed by atoms with E-state index in [0.717, 1.165) is 32.1 Å². The normalized spacial score (nSPS) is 26.5. The molecule has 2 aliphatic rings. The molecule has 0 spiro atoms. The molecular weight excluding hydrogens is 216 g/mol. The van der Waals surface area contributed by atoms with Crippen LogP contribution in [0.3, 0.4) is 0 Å². The number of nitrogens with zero attached hydrogens (tertiary/aromatic N) is 1. The van der Waals surface area contributed by atoms with Crippen molar-refractivity contribution >= 4 is 10.2 Å². The maximum atomic E-state index is 11.9. The molecule has 0 unspecified atom stereocenters. The Morgan fingerprint density at radius 2 is 1.80 bits per heavy atom. The molecule has 0 aromatic heterocycles. The van der Waals surface area contributed by atoms with Crippen molar-refractivity contribution in [2.75, 3.05) is 19.7 Å². The number of nitrogens with one attached hydrogen (secondary N) is 1. The van der Waals surface area contributed by atoms with Gasteiger partial charge in [-0.3, -0.25) is 0 Å². The first-order valence-electron chi connectivity index (χ1n) is 5.48. The van der Waals surface area contributed by atoms with Gasteiger partial charge in [-0.1, -0.05) is 0 Å². The van der Waals surface area contributed by atoms with Crippen molar-refractivity contribution in [2.24, 2.45) is 0 Å². The zero-order valence-electron chi connectivity index (χ0n) is 8.78. The summed E-state index contributed by atoms with van der Waals surface area (Å²) in [5, 5.41) is 9.20. The van der Waals surface area contributed by atoms with Gasteiger partial charge in [0.2, 0.25) is 0 Å². The summed E-state index contributed by atoms with van der Waals surface area (Å²) >= 11 is 0. The highest BCUT2D eigenvalue weighted by Gasteiger charge is 2.41. The van der Waals surface area contributed by atoms with E-state index in [-0.39, 0.29) is 6.61 Å². The van der Waals surface area contributed by atoms with Crippen molar-refractivity contribution in [3.63, 3.8) is 0 Å². The van der Waals surface area contributed by atoms with Crippen LogP contribution in [-0.2, 0) is 10.2 Å². The van der Waals surface area contributed by atoms with Gasteiger partial charge in [-0.15, -0.1) is 0 Å². The van der Waals surface area contributed by atoms with Gasteiger partial charge in [-0.25, -0.2) is 0 Å². The molecule has 0 radical (unpaired) electrons. The van der Waals surface area contributed by atoms with Crippen LogP contribution in [0.1, 0.15) is 32.1 Å². The number of aliphatic hydroxyl groups is 1. The van der Waals surface area contributed by atoms with Crippen LogP contribution in [0.25, 0.3) is 0 Å². The topological polar surface area (TPSA) is 69.6 Å². The molecule has 2 rings (SSSR count). The largest absolute Gasteiger partial charge is 0.394 e. The van der Waals surface area contributed by atoms with Crippen LogP contribution in [0.2, 0.25) is 0 Å². The van der Waals surface area contributed by atoms with E-state index >= 15 is 0 Å². The first-order chi connectivity index (χ1) is 7.08. The van der Waals surface area contributed by atoms with Gasteiger partial charge < -0.3 is 5.11 Å². The molecule has 0 amide bonds. The molecule has 15 heavy (non-hydrogen) atoms. The second-order valence-corrected chi connectivity index (χ2v) is 6.18. The molecule has 2 N–H and O–H groups in total. The average molecular weight is 234 g/mol. The van der Waals surface area contributed by atoms with Crippen LogP contribution in [0.5, 0.6) is 0 Å². The minimum atomic E-state index is -3.37. The van der Waals surface area contributed by atoms with Crippen molar-refractivity contribution < 1.29 is 13.5 Å². The van der Waals surface area contributed by atoms with E-state index in [1.165, 1.54) is 4.31 Å². The van der Waals surface area contributed by atoms with E-state index in [2.05, 4.69) is 4.72 Å². The van der Waals surface area contributed by atoms with Crippen LogP contribution in [0.4, 0.5) is 0 Å². The van der Waals surface area contributed by atoms with Crippen molar-refractivity contribution in [1.29, 1.82) is 0 Å². The van der Waals surface area contributed by atoms with E-state index in [4.69, 9.17) is 0 Å². The quantitative estimate of drug-likeness (QED) is 0.709. The molecule has 0 bridgehead atoms. The van der Waals surface area contributed by atoms with Gasteiger partial charge in [0.1, 0.15) is 0 Å². The fourth-order valence-electron chi connectivity index (χ4n) is 2.16. The summed E-state index contributed by atoms with van der Waals surface area (Å²) in [5.74, 6) is 0. The van der Waals surface area contributed by atoms with Crippen molar-refractivity contribution in [3.8, 4) is 0 Å². The Morgan fingerprint density at radius 1 is 1.20 bits per heavy atom. The number of aliphatic hydroxyl groups excluding tert-OH is 1. The third-order valence-electron chi connectivity index (χ3n) is 3.36. The first-order valence-corrected chi connectivity index (χ1v) is 6.92. The van der Waals surface area contributed by atoms with Gasteiger partial charge in [0.15, 0.2) is 0 Å². The van der Waals surface area contributed by atoms with Gasteiger partial charge in [0.05, 0.1) is 12.1 Å². The highest BCUT2D eigenvalue weighted by atomic mass is 32.2. The molecule has 0 aromatic carbocycles. The number of hydrogen-bond acceptors (Lipinski definition) is 3. The average Bonchev–Trinajstić information content (AvgIpc) is 2.64. The van der Waals surface area contributed by atoms with Crippen molar-refractivity contribution in [1.82, 2.24) is 9.03 Å². The Hall–Kier alpha value is -0.170. The maximum absolute atomic E-state index is 11.9. The highest BCUT2D eigenvalue weighted by Crippen LogP contribution is 2.32. The third-order valence-corrected chi connectivity index (χ3v) is 5.10. The SMILES string of the molecule is O=S(=O)(NC1(CO)CCC1)N1CCCC1. The summed E-state index contributed by atoms with van der Waals surface area (Å²) in [6.07, 6.45) is 4.36. The minimum absolute atomic E-state index is 0.0972. The summed E-state index contributed by atoms with van der Waals surface area (Å²) < 4.78 is 27.9. The minimum Gasteiger partial charge on any atom is -0.394 e. The lowest BCUT2D eigenvalue weighted by atomic mass is 9.78. The lowest BCUT2D eigenvalue weighted by Crippen LogP contribution is -2.58. The van der Waals surface area contributed by atoms with Crippen LogP contribution in [-0.4, -0.2) is 43.1 Å². The smallest absolute Gasteiger partial charge is 0.280 e. The number of rotatable bonds is 4. The van der Waals surface area contributed by atoms with Crippen LogP contribution >= 0.6 is 0 Å². The fraction of sp³-hybridized carbons (Fsp3) is 1.00. The summed E-state index contributed by atoms with van der Waals surface area (Å²) in [5.41, 5.74) is -0.568. The van der Waals surface area contributed by atoms with E-state index in [0.29, 0.717) is 13.1 Å². The van der Waals surface area contributed by atoms with Crippen LogP contribution in [0.15, 0.2) is 0 Å². The molecule has 2 fully saturated rings. The van der Waals surface area contributed by atoms with Gasteiger partial charge in [-0.2, -0.15) is 17.4 Å². The van der Waals surface area contributed by atoms with Gasteiger partial charge in [0.25, 0.3) is 10.2 Å². The fourth-order valence-corrected chi connectivity index (χ4v) is 3.85. The standard InChI is InChI=1S/C9H18N2O3S/c12-8-9(4-3-5-9)10-15(13,14)11-6-1-2-7-11/h10,12H,1-8H2. The summed E-state index contributed by atoms with van der Waals surface area (Å²) in [6.45, 7) is 1.12. The Bertz CT molecular complexity index is 313. The lowest BCUT2D eigenvalue weighted by Gasteiger charge is -2.41. The van der Waals surface area contributed by atoms with E-state index < -0.39 is 15.7 Å². The maximum Gasteiger partial charge on any atom is 0.280 e. The summed E-state index contributed by atoms with van der Waals surface area (Å²) in [4.78, 5) is 0. The molecule has 1 aliphatic carbocycles. The van der Waals surface area contributed by atoms with E-state index in [1.807, 2.05) is 0 Å². The Morgan fingerprint density at radius 3 is 2.20 bits per heavy atom. The second-order valence-electron chi connectivity index (χ2n) is 4.51. The van der Waals surface area contributed by atoms with Gasteiger partial charge in [0, 0.05) is 13.1 Å². The molecule has 1 aliphatic heterocycles. The first kappa shape index (κ1) is 11.3. The molecule has 0 atom stereocenters. The van der Waals surface area contributed by atoms with Crippen LogP contribution in [0, 0.1) is 0 Å². The Balaban J connectivity index is 2.03. The van der Waals surface area contributed by atoms with Gasteiger partial charge >= 0.3 is 0 Å².